The van der Waals surface area contributed by atoms with Gasteiger partial charge >= 0.3 is 100 Å². The van der Waals surface area contributed by atoms with Crippen LogP contribution < -0.4 is 0 Å². The zero-order valence-electron chi connectivity index (χ0n) is 9.98. The van der Waals surface area contributed by atoms with Crippen molar-refractivity contribution >= 4 is 29.3 Å². The molecule has 0 saturated heterocycles. The second-order valence-electron chi connectivity index (χ2n) is 3.62. The Morgan fingerprint density at radius 2 is 1.88 bits per heavy atom. The van der Waals surface area contributed by atoms with E-state index in [1.807, 2.05) is 0 Å². The third-order valence-electron chi connectivity index (χ3n) is 2.89. The van der Waals surface area contributed by atoms with E-state index in [-0.39, 0.29) is 15.5 Å². The van der Waals surface area contributed by atoms with Gasteiger partial charge in [-0.15, -0.1) is 0 Å². The summed E-state index contributed by atoms with van der Waals surface area (Å²) in [4.78, 5) is 10.8. The molecule has 0 radical (unpaired) electrons. The monoisotopic (exact) mass is 309 g/mol. The summed E-state index contributed by atoms with van der Waals surface area (Å²) in [6, 6.07) is 0.305. The minimum atomic E-state index is -4.49. The van der Waals surface area contributed by atoms with Gasteiger partial charge in [0, 0.05) is 0 Å². The molecule has 1 atom stereocenters. The van der Waals surface area contributed by atoms with Gasteiger partial charge in [0.05, 0.1) is 0 Å². The van der Waals surface area contributed by atoms with Crippen molar-refractivity contribution in [3.8, 4) is 0 Å². The number of nitrogens with zero attached hydrogens (tertiary/aromatic N) is 3. The maximum atomic E-state index is 14.5. The molecule has 1 aliphatic rings. The van der Waals surface area contributed by atoms with Gasteiger partial charge in [-0.2, -0.15) is 0 Å². The Kier molecular flexibility index (Phi) is 5.14. The van der Waals surface area contributed by atoms with Crippen LogP contribution >= 0.6 is 23.3 Å². The predicted molar refractivity (Wildman–Crippen MR) is 70.0 cm³/mol. The number of hydrogen-bond acceptors (Lipinski definition) is 4. The summed E-state index contributed by atoms with van der Waals surface area (Å²) in [7, 11) is -9.37. The number of rotatable bonds is 4. The topological polar surface area (TPSA) is 35.9 Å². The maximum absolute atomic E-state index is 14.5. The van der Waals surface area contributed by atoms with Crippen molar-refractivity contribution in [2.45, 2.75) is 20.8 Å². The predicted octanol–water partition coefficient (Wildman–Crippen LogP) is 4.52. The molecular weight excluding hydrogens is 292 g/mol. The molecule has 0 fully saturated rings. The van der Waals surface area contributed by atoms with Gasteiger partial charge in [-0.05, 0) is 0 Å². The molecule has 0 saturated carbocycles. The first-order valence-corrected chi connectivity index (χ1v) is 10.7. The molecule has 1 rings (SSSR count). The van der Waals surface area contributed by atoms with Gasteiger partial charge in [0.15, 0.2) is 0 Å². The number of hydrogen-bond donors (Lipinski definition) is 0. The molecule has 17 heavy (non-hydrogen) atoms. The fourth-order valence-electron chi connectivity index (χ4n) is 1.67. The van der Waals surface area contributed by atoms with Gasteiger partial charge in [-0.25, -0.2) is 0 Å². The first-order valence-electron chi connectivity index (χ1n) is 5.38. The van der Waals surface area contributed by atoms with Crippen molar-refractivity contribution in [3.05, 3.63) is 0 Å². The van der Waals surface area contributed by atoms with E-state index in [1.54, 1.807) is 13.8 Å². The van der Waals surface area contributed by atoms with E-state index in [9.17, 15) is 18.0 Å². The quantitative estimate of drug-likeness (QED) is 0.435. The Balaban J connectivity index is 3.37. The summed E-state index contributed by atoms with van der Waals surface area (Å²) in [5.74, 6) is 0. The Bertz CT molecular complexity index is 351. The van der Waals surface area contributed by atoms with E-state index < -0.39 is 23.3 Å². The summed E-state index contributed by atoms with van der Waals surface area (Å²) in [6.45, 7) is 4.79. The second-order valence-corrected chi connectivity index (χ2v) is 12.6. The summed E-state index contributed by atoms with van der Waals surface area (Å²) in [5, 5.41) is 0. The van der Waals surface area contributed by atoms with Gasteiger partial charge in [0.1, 0.15) is 0 Å². The van der Waals surface area contributed by atoms with Crippen LogP contribution in [-0.2, 0) is 4.79 Å². The molecule has 1 heterocycles. The van der Waals surface area contributed by atoms with Gasteiger partial charge in [0.25, 0.3) is 0 Å². The van der Waals surface area contributed by atoms with E-state index in [2.05, 4.69) is 4.52 Å². The molecule has 0 bridgehead atoms. The van der Waals surface area contributed by atoms with Crippen molar-refractivity contribution in [2.24, 2.45) is 4.52 Å². The van der Waals surface area contributed by atoms with Crippen molar-refractivity contribution in [2.75, 3.05) is 18.5 Å². The Labute approximate surface area is 101 Å². The Morgan fingerprint density at radius 3 is 2.24 bits per heavy atom. The van der Waals surface area contributed by atoms with E-state index in [0.717, 1.165) is 0 Å². The summed E-state index contributed by atoms with van der Waals surface area (Å²) < 4.78 is 46.2. The van der Waals surface area contributed by atoms with E-state index in [1.165, 1.54) is 6.92 Å². The zero-order valence-corrected chi connectivity index (χ0v) is 12.8. The van der Waals surface area contributed by atoms with Crippen LogP contribution in [0.4, 0.5) is 13.2 Å². The van der Waals surface area contributed by atoms with Crippen LogP contribution in [0.1, 0.15) is 20.8 Å². The normalized spacial score (nSPS) is 30.6. The average molecular weight is 309 g/mol. The van der Waals surface area contributed by atoms with Gasteiger partial charge in [-0.1, -0.05) is 0 Å². The van der Waals surface area contributed by atoms with Crippen molar-refractivity contribution < 1.29 is 18.0 Å². The second kappa shape index (κ2) is 5.63. The molecule has 4 nitrogen and oxygen atoms in total. The standard InChI is InChI=1S/C7H17F3N3OP3/c1-4-16(5-2)11-15(7-14)12(8)17(10,6-3)13(16)9/h7,17H,4-6H2,1-3H3. The first-order chi connectivity index (χ1) is 7.91. The van der Waals surface area contributed by atoms with Crippen LogP contribution in [0.5, 0.6) is 0 Å². The van der Waals surface area contributed by atoms with Crippen molar-refractivity contribution in [3.63, 3.8) is 0 Å². The van der Waals surface area contributed by atoms with Gasteiger partial charge < -0.3 is 0 Å². The molecule has 10 heteroatoms. The summed E-state index contributed by atoms with van der Waals surface area (Å²) in [5.41, 5.74) is 0. The van der Waals surface area contributed by atoms with E-state index in [4.69, 9.17) is 0 Å². The molecule has 1 unspecified atom stereocenters. The third kappa shape index (κ3) is 2.33. The van der Waals surface area contributed by atoms with E-state index in [0.29, 0.717) is 18.4 Å². The summed E-state index contributed by atoms with van der Waals surface area (Å²) >= 11 is 0. The van der Waals surface area contributed by atoms with E-state index >= 15 is 0 Å². The molecule has 0 aromatic heterocycles. The van der Waals surface area contributed by atoms with Crippen LogP contribution in [0.25, 0.3) is 0 Å². The fourth-order valence-corrected chi connectivity index (χ4v) is 13.2. The van der Waals surface area contributed by atoms with Crippen molar-refractivity contribution in [1.29, 1.82) is 0 Å². The first kappa shape index (κ1) is 15.5. The van der Waals surface area contributed by atoms with Crippen LogP contribution in [0.15, 0.2) is 4.52 Å². The molecule has 0 spiro atoms. The number of carbonyl (C=O) groups excluding carboxylic acids is 1. The van der Waals surface area contributed by atoms with Gasteiger partial charge in [0.2, 0.25) is 0 Å². The van der Waals surface area contributed by atoms with Crippen LogP contribution in [0.2, 0.25) is 0 Å². The molecule has 1 aliphatic heterocycles. The van der Waals surface area contributed by atoms with Crippen LogP contribution in [0.3, 0.4) is 0 Å². The average Bonchev–Trinajstić information content (AvgIpc) is 2.37. The molecule has 0 aromatic carbocycles. The fraction of sp³-hybridized carbons (Fsp3) is 0.857. The molecule has 0 aliphatic carbocycles. The molecular formula is C7H17F3N3OP3. The Hall–Kier alpha value is 0.470. The third-order valence-corrected chi connectivity index (χ3v) is 13.8. The van der Waals surface area contributed by atoms with Gasteiger partial charge in [-0.3, -0.25) is 0 Å². The van der Waals surface area contributed by atoms with Crippen LogP contribution in [0, 0.1) is 0 Å². The minimum absolute atomic E-state index is 0.0579. The summed E-state index contributed by atoms with van der Waals surface area (Å²) in [6.07, 6.45) is 0.377. The van der Waals surface area contributed by atoms with Crippen molar-refractivity contribution in [1.82, 2.24) is 9.33 Å². The number of halogens is 3. The molecule has 0 aromatic rings. The SMILES string of the molecule is CCP1(CC)=NP(C=O)N(F)[PH](F)(CC)N1F. The zero-order chi connectivity index (χ0) is 13.3. The Morgan fingerprint density at radius 1 is 1.35 bits per heavy atom. The molecule has 102 valence electrons. The van der Waals surface area contributed by atoms with Crippen LogP contribution in [-0.4, -0.2) is 33.8 Å². The molecule has 0 N–H and O–H groups in total. The molecule has 0 amide bonds. The number of carbonyl (C=O) groups is 1.